The SMILES string of the molecule is COc1ccc(Br)cc1C(CC(N)=O)C1CC1. The maximum Gasteiger partial charge on any atom is 0.218 e. The van der Waals surface area contributed by atoms with Gasteiger partial charge < -0.3 is 10.5 Å². The van der Waals surface area contributed by atoms with E-state index in [-0.39, 0.29) is 11.8 Å². The van der Waals surface area contributed by atoms with Gasteiger partial charge in [0.15, 0.2) is 0 Å². The molecule has 1 aliphatic rings. The molecule has 1 unspecified atom stereocenters. The van der Waals surface area contributed by atoms with Crippen LogP contribution in [0.5, 0.6) is 5.75 Å². The predicted molar refractivity (Wildman–Crippen MR) is 70.0 cm³/mol. The van der Waals surface area contributed by atoms with Crippen molar-refractivity contribution in [2.45, 2.75) is 25.2 Å². The number of carbonyl (C=O) groups excluding carboxylic acids is 1. The summed E-state index contributed by atoms with van der Waals surface area (Å²) in [6.07, 6.45) is 2.75. The number of halogens is 1. The minimum Gasteiger partial charge on any atom is -0.496 e. The zero-order valence-corrected chi connectivity index (χ0v) is 11.4. The second-order valence-corrected chi connectivity index (χ2v) is 5.42. The van der Waals surface area contributed by atoms with E-state index in [9.17, 15) is 4.79 Å². The molecule has 2 rings (SSSR count). The quantitative estimate of drug-likeness (QED) is 0.908. The van der Waals surface area contributed by atoms with Gasteiger partial charge in [-0.05, 0) is 48.4 Å². The molecule has 4 heteroatoms. The Hall–Kier alpha value is -1.03. The average Bonchev–Trinajstić information content (AvgIpc) is 3.09. The topological polar surface area (TPSA) is 52.3 Å². The highest BCUT2D eigenvalue weighted by Gasteiger charge is 2.34. The number of methoxy groups -OCH3 is 1. The molecule has 3 nitrogen and oxygen atoms in total. The van der Waals surface area contributed by atoms with Crippen molar-refractivity contribution in [3.63, 3.8) is 0 Å². The van der Waals surface area contributed by atoms with Gasteiger partial charge in [0.2, 0.25) is 5.91 Å². The molecule has 1 fully saturated rings. The highest BCUT2D eigenvalue weighted by Crippen LogP contribution is 2.47. The molecule has 92 valence electrons. The molecule has 0 spiro atoms. The molecule has 0 radical (unpaired) electrons. The Morgan fingerprint density at radius 3 is 2.82 bits per heavy atom. The summed E-state index contributed by atoms with van der Waals surface area (Å²) in [5, 5.41) is 0. The molecule has 0 saturated heterocycles. The summed E-state index contributed by atoms with van der Waals surface area (Å²) < 4.78 is 6.37. The molecule has 1 saturated carbocycles. The van der Waals surface area contributed by atoms with Crippen molar-refractivity contribution in [3.8, 4) is 5.75 Å². The van der Waals surface area contributed by atoms with Crippen LogP contribution in [-0.4, -0.2) is 13.0 Å². The number of benzene rings is 1. The first-order chi connectivity index (χ1) is 8.11. The van der Waals surface area contributed by atoms with Gasteiger partial charge in [0, 0.05) is 10.9 Å². The lowest BCUT2D eigenvalue weighted by molar-refractivity contribution is -0.118. The van der Waals surface area contributed by atoms with Crippen molar-refractivity contribution in [3.05, 3.63) is 28.2 Å². The molecule has 1 aromatic carbocycles. The van der Waals surface area contributed by atoms with Crippen LogP contribution in [0.3, 0.4) is 0 Å². The summed E-state index contributed by atoms with van der Waals surface area (Å²) in [6, 6.07) is 5.90. The normalized spacial score (nSPS) is 16.6. The molecule has 1 aliphatic carbocycles. The number of hydrogen-bond acceptors (Lipinski definition) is 2. The molecule has 1 amide bonds. The standard InChI is InChI=1S/C13H16BrNO2/c1-17-12-5-4-9(14)6-11(12)10(7-13(15)16)8-2-3-8/h4-6,8,10H,2-3,7H2,1H3,(H2,15,16). The summed E-state index contributed by atoms with van der Waals surface area (Å²) in [4.78, 5) is 11.2. The predicted octanol–water partition coefficient (Wildman–Crippen LogP) is 2.83. The van der Waals surface area contributed by atoms with Gasteiger partial charge in [-0.2, -0.15) is 0 Å². The van der Waals surface area contributed by atoms with Crippen LogP contribution in [0.1, 0.15) is 30.7 Å². The van der Waals surface area contributed by atoms with E-state index < -0.39 is 0 Å². The van der Waals surface area contributed by atoms with Crippen LogP contribution in [-0.2, 0) is 4.79 Å². The Morgan fingerprint density at radius 2 is 2.29 bits per heavy atom. The molecule has 17 heavy (non-hydrogen) atoms. The molecule has 1 aromatic rings. The fourth-order valence-corrected chi connectivity index (χ4v) is 2.62. The zero-order valence-electron chi connectivity index (χ0n) is 9.78. The lowest BCUT2D eigenvalue weighted by Gasteiger charge is -2.18. The number of nitrogens with two attached hydrogens (primary N) is 1. The van der Waals surface area contributed by atoms with Crippen molar-refractivity contribution < 1.29 is 9.53 Å². The molecule has 1 atom stereocenters. The number of hydrogen-bond donors (Lipinski definition) is 1. The van der Waals surface area contributed by atoms with Crippen LogP contribution in [0.4, 0.5) is 0 Å². The van der Waals surface area contributed by atoms with Crippen LogP contribution in [0.2, 0.25) is 0 Å². The highest BCUT2D eigenvalue weighted by atomic mass is 79.9. The van der Waals surface area contributed by atoms with Gasteiger partial charge in [-0.3, -0.25) is 4.79 Å². The van der Waals surface area contributed by atoms with Gasteiger partial charge in [0.05, 0.1) is 7.11 Å². The van der Waals surface area contributed by atoms with E-state index in [4.69, 9.17) is 10.5 Å². The number of ether oxygens (including phenoxy) is 1. The molecular formula is C13H16BrNO2. The molecule has 2 N–H and O–H groups in total. The van der Waals surface area contributed by atoms with Gasteiger partial charge >= 0.3 is 0 Å². The average molecular weight is 298 g/mol. The first-order valence-corrected chi connectivity index (χ1v) is 6.53. The van der Waals surface area contributed by atoms with E-state index in [2.05, 4.69) is 15.9 Å². The zero-order chi connectivity index (χ0) is 12.4. The maximum atomic E-state index is 11.2. The van der Waals surface area contributed by atoms with Crippen LogP contribution >= 0.6 is 15.9 Å². The summed E-state index contributed by atoms with van der Waals surface area (Å²) >= 11 is 3.46. The number of primary amides is 1. The van der Waals surface area contributed by atoms with Gasteiger partial charge in [0.25, 0.3) is 0 Å². The number of amides is 1. The second kappa shape index (κ2) is 5.08. The number of rotatable bonds is 5. The van der Waals surface area contributed by atoms with Crippen molar-refractivity contribution in [1.29, 1.82) is 0 Å². The minimum atomic E-state index is -0.246. The van der Waals surface area contributed by atoms with Crippen LogP contribution in [0.25, 0.3) is 0 Å². The molecule has 0 bridgehead atoms. The summed E-state index contributed by atoms with van der Waals surface area (Å²) in [5.74, 6) is 1.36. The van der Waals surface area contributed by atoms with Gasteiger partial charge in [-0.25, -0.2) is 0 Å². The fourth-order valence-electron chi connectivity index (χ4n) is 2.24. The third kappa shape index (κ3) is 3.00. The Labute approximate surface area is 109 Å². The van der Waals surface area contributed by atoms with Crippen LogP contribution in [0.15, 0.2) is 22.7 Å². The lowest BCUT2D eigenvalue weighted by Crippen LogP contribution is -2.17. The Kier molecular flexibility index (Phi) is 3.72. The Morgan fingerprint density at radius 1 is 1.59 bits per heavy atom. The maximum absolute atomic E-state index is 11.2. The van der Waals surface area contributed by atoms with E-state index in [1.807, 2.05) is 18.2 Å². The fraction of sp³-hybridized carbons (Fsp3) is 0.462. The Balaban J connectivity index is 2.33. The van der Waals surface area contributed by atoms with Crippen LogP contribution in [0, 0.1) is 5.92 Å². The summed E-state index contributed by atoms with van der Waals surface area (Å²) in [6.45, 7) is 0. The molecule has 0 aromatic heterocycles. The summed E-state index contributed by atoms with van der Waals surface area (Å²) in [5.41, 5.74) is 6.42. The van der Waals surface area contributed by atoms with Crippen molar-refractivity contribution in [2.24, 2.45) is 11.7 Å². The Bertz CT molecular complexity index is 429. The largest absolute Gasteiger partial charge is 0.496 e. The van der Waals surface area contributed by atoms with Crippen molar-refractivity contribution in [2.75, 3.05) is 7.11 Å². The van der Waals surface area contributed by atoms with Crippen molar-refractivity contribution >= 4 is 21.8 Å². The van der Waals surface area contributed by atoms with E-state index >= 15 is 0 Å². The minimum absolute atomic E-state index is 0.194. The second-order valence-electron chi connectivity index (χ2n) is 4.50. The van der Waals surface area contributed by atoms with Gasteiger partial charge in [0.1, 0.15) is 5.75 Å². The first-order valence-electron chi connectivity index (χ1n) is 5.73. The third-order valence-corrected chi connectivity index (χ3v) is 3.70. The van der Waals surface area contributed by atoms with Crippen molar-refractivity contribution in [1.82, 2.24) is 0 Å². The highest BCUT2D eigenvalue weighted by molar-refractivity contribution is 9.10. The first kappa shape index (κ1) is 12.4. The number of carbonyl (C=O) groups is 1. The third-order valence-electron chi connectivity index (χ3n) is 3.20. The van der Waals surface area contributed by atoms with E-state index in [1.54, 1.807) is 7.11 Å². The van der Waals surface area contributed by atoms with Gasteiger partial charge in [-0.15, -0.1) is 0 Å². The molecular weight excluding hydrogens is 282 g/mol. The lowest BCUT2D eigenvalue weighted by atomic mass is 9.90. The molecule has 0 heterocycles. The smallest absolute Gasteiger partial charge is 0.218 e. The van der Waals surface area contributed by atoms with E-state index in [1.165, 1.54) is 12.8 Å². The van der Waals surface area contributed by atoms with E-state index in [0.717, 1.165) is 15.8 Å². The van der Waals surface area contributed by atoms with Crippen LogP contribution < -0.4 is 10.5 Å². The van der Waals surface area contributed by atoms with E-state index in [0.29, 0.717) is 12.3 Å². The van der Waals surface area contributed by atoms with Gasteiger partial charge in [-0.1, -0.05) is 15.9 Å². The summed E-state index contributed by atoms with van der Waals surface area (Å²) in [7, 11) is 1.65. The monoisotopic (exact) mass is 297 g/mol. The molecule has 0 aliphatic heterocycles.